The lowest BCUT2D eigenvalue weighted by atomic mass is 9.87. The summed E-state index contributed by atoms with van der Waals surface area (Å²) < 4.78 is 0. The second kappa shape index (κ2) is 4.80. The summed E-state index contributed by atoms with van der Waals surface area (Å²) in [6, 6.07) is 11.6. The highest BCUT2D eigenvalue weighted by Crippen LogP contribution is 2.28. The molecule has 1 aliphatic rings. The van der Waals surface area contributed by atoms with Gasteiger partial charge in [-0.3, -0.25) is 0 Å². The van der Waals surface area contributed by atoms with Crippen molar-refractivity contribution in [3.05, 3.63) is 35.9 Å². The van der Waals surface area contributed by atoms with Crippen molar-refractivity contribution in [1.82, 2.24) is 4.90 Å². The fraction of sp³-hybridized carbons (Fsp3) is 0.571. The average Bonchev–Trinajstić information content (AvgIpc) is 2.30. The summed E-state index contributed by atoms with van der Waals surface area (Å²) in [5.74, 6) is 0.663. The Balaban J connectivity index is 2.09. The molecule has 0 bridgehead atoms. The van der Waals surface area contributed by atoms with Crippen LogP contribution >= 0.6 is 0 Å². The summed E-state index contributed by atoms with van der Waals surface area (Å²) in [6.07, 6.45) is 4.12. The molecule has 0 aromatic heterocycles. The summed E-state index contributed by atoms with van der Waals surface area (Å²) in [4.78, 5) is 2.53. The highest BCUT2D eigenvalue weighted by molar-refractivity contribution is 5.20. The molecule has 82 valence electrons. The summed E-state index contributed by atoms with van der Waals surface area (Å²) >= 11 is 0. The molecule has 0 amide bonds. The van der Waals surface area contributed by atoms with Crippen LogP contribution in [0.25, 0.3) is 0 Å². The van der Waals surface area contributed by atoms with Gasteiger partial charge >= 0.3 is 0 Å². The molecular formula is C14H21N. The van der Waals surface area contributed by atoms with Crippen molar-refractivity contribution in [3.8, 4) is 0 Å². The predicted octanol–water partition coefficient (Wildman–Crippen LogP) is 3.27. The molecule has 0 radical (unpaired) electrons. The standard InChI is InChI=1S/C14H21N/c1-12(13-8-4-3-5-9-13)14-10-6-7-11-15(14)2/h3-5,8-9,12,14H,6-7,10-11H2,1-2H3. The maximum absolute atomic E-state index is 2.53. The van der Waals surface area contributed by atoms with Gasteiger partial charge < -0.3 is 4.90 Å². The van der Waals surface area contributed by atoms with E-state index in [1.54, 1.807) is 0 Å². The van der Waals surface area contributed by atoms with Crippen LogP contribution in [0.3, 0.4) is 0 Å². The van der Waals surface area contributed by atoms with Crippen LogP contribution in [0.4, 0.5) is 0 Å². The van der Waals surface area contributed by atoms with E-state index in [4.69, 9.17) is 0 Å². The smallest absolute Gasteiger partial charge is 0.0158 e. The van der Waals surface area contributed by atoms with Crippen LogP contribution in [-0.2, 0) is 0 Å². The first-order chi connectivity index (χ1) is 7.29. The third-order valence-corrected chi connectivity index (χ3v) is 3.73. The minimum Gasteiger partial charge on any atom is -0.303 e. The molecule has 0 saturated carbocycles. The van der Waals surface area contributed by atoms with Crippen LogP contribution in [0.5, 0.6) is 0 Å². The maximum atomic E-state index is 2.53. The van der Waals surface area contributed by atoms with Crippen LogP contribution in [-0.4, -0.2) is 24.5 Å². The topological polar surface area (TPSA) is 3.24 Å². The minimum absolute atomic E-state index is 0.663. The fourth-order valence-corrected chi connectivity index (χ4v) is 2.71. The van der Waals surface area contributed by atoms with E-state index in [1.807, 2.05) is 0 Å². The first-order valence-electron chi connectivity index (χ1n) is 6.04. The lowest BCUT2D eigenvalue weighted by Gasteiger charge is -2.36. The van der Waals surface area contributed by atoms with Gasteiger partial charge in [0.25, 0.3) is 0 Å². The molecule has 1 aliphatic heterocycles. The van der Waals surface area contributed by atoms with Crippen molar-refractivity contribution in [2.45, 2.75) is 38.1 Å². The van der Waals surface area contributed by atoms with Crippen molar-refractivity contribution < 1.29 is 0 Å². The van der Waals surface area contributed by atoms with E-state index >= 15 is 0 Å². The molecule has 15 heavy (non-hydrogen) atoms. The van der Waals surface area contributed by atoms with Crippen molar-refractivity contribution >= 4 is 0 Å². The molecule has 1 heterocycles. The third kappa shape index (κ3) is 2.40. The number of hydrogen-bond donors (Lipinski definition) is 0. The van der Waals surface area contributed by atoms with Gasteiger partial charge in [-0.15, -0.1) is 0 Å². The van der Waals surface area contributed by atoms with E-state index < -0.39 is 0 Å². The molecule has 1 saturated heterocycles. The van der Waals surface area contributed by atoms with Gasteiger partial charge in [-0.05, 0) is 37.9 Å². The number of hydrogen-bond acceptors (Lipinski definition) is 1. The van der Waals surface area contributed by atoms with Crippen molar-refractivity contribution in [2.24, 2.45) is 0 Å². The number of likely N-dealkylation sites (N-methyl/N-ethyl adjacent to an activating group) is 1. The van der Waals surface area contributed by atoms with E-state index in [2.05, 4.69) is 49.2 Å². The van der Waals surface area contributed by atoms with E-state index in [-0.39, 0.29) is 0 Å². The van der Waals surface area contributed by atoms with E-state index in [1.165, 1.54) is 31.4 Å². The Hall–Kier alpha value is -0.820. The predicted molar refractivity (Wildman–Crippen MR) is 65.1 cm³/mol. The van der Waals surface area contributed by atoms with Gasteiger partial charge in [0, 0.05) is 6.04 Å². The number of benzene rings is 1. The molecule has 0 spiro atoms. The van der Waals surface area contributed by atoms with Gasteiger partial charge in [0.15, 0.2) is 0 Å². The van der Waals surface area contributed by atoms with Crippen LogP contribution in [0.1, 0.15) is 37.7 Å². The zero-order chi connectivity index (χ0) is 10.7. The van der Waals surface area contributed by atoms with Gasteiger partial charge in [-0.25, -0.2) is 0 Å². The van der Waals surface area contributed by atoms with Gasteiger partial charge in [0.2, 0.25) is 0 Å². The largest absolute Gasteiger partial charge is 0.303 e. The quantitative estimate of drug-likeness (QED) is 0.713. The highest BCUT2D eigenvalue weighted by atomic mass is 15.1. The van der Waals surface area contributed by atoms with Crippen LogP contribution in [0.15, 0.2) is 30.3 Å². The molecule has 1 nitrogen and oxygen atoms in total. The van der Waals surface area contributed by atoms with Crippen molar-refractivity contribution in [2.75, 3.05) is 13.6 Å². The monoisotopic (exact) mass is 203 g/mol. The Labute approximate surface area is 93.1 Å². The Morgan fingerprint density at radius 1 is 1.20 bits per heavy atom. The summed E-state index contributed by atoms with van der Waals surface area (Å²) in [5.41, 5.74) is 1.48. The number of likely N-dealkylation sites (tertiary alicyclic amines) is 1. The molecule has 1 fully saturated rings. The maximum Gasteiger partial charge on any atom is 0.0158 e. The lowest BCUT2D eigenvalue weighted by Crippen LogP contribution is -2.39. The Morgan fingerprint density at radius 2 is 1.93 bits per heavy atom. The lowest BCUT2D eigenvalue weighted by molar-refractivity contribution is 0.164. The second-order valence-corrected chi connectivity index (χ2v) is 4.74. The number of rotatable bonds is 2. The van der Waals surface area contributed by atoms with Gasteiger partial charge in [0.1, 0.15) is 0 Å². The van der Waals surface area contributed by atoms with E-state index in [9.17, 15) is 0 Å². The zero-order valence-corrected chi connectivity index (χ0v) is 9.82. The Bertz CT molecular complexity index is 293. The van der Waals surface area contributed by atoms with Gasteiger partial charge in [0.05, 0.1) is 0 Å². The fourth-order valence-electron chi connectivity index (χ4n) is 2.71. The zero-order valence-electron chi connectivity index (χ0n) is 9.82. The summed E-state index contributed by atoms with van der Waals surface area (Å²) in [6.45, 7) is 3.63. The van der Waals surface area contributed by atoms with Crippen molar-refractivity contribution in [1.29, 1.82) is 0 Å². The molecular weight excluding hydrogens is 182 g/mol. The number of nitrogens with zero attached hydrogens (tertiary/aromatic N) is 1. The van der Waals surface area contributed by atoms with Crippen LogP contribution in [0, 0.1) is 0 Å². The molecule has 0 N–H and O–H groups in total. The van der Waals surface area contributed by atoms with Crippen LogP contribution in [0.2, 0.25) is 0 Å². The van der Waals surface area contributed by atoms with Crippen LogP contribution < -0.4 is 0 Å². The molecule has 0 aliphatic carbocycles. The Kier molecular flexibility index (Phi) is 3.42. The Morgan fingerprint density at radius 3 is 2.60 bits per heavy atom. The molecule has 2 atom stereocenters. The highest BCUT2D eigenvalue weighted by Gasteiger charge is 2.25. The van der Waals surface area contributed by atoms with E-state index in [0.717, 1.165) is 6.04 Å². The third-order valence-electron chi connectivity index (χ3n) is 3.73. The van der Waals surface area contributed by atoms with E-state index in [0.29, 0.717) is 5.92 Å². The molecule has 1 aromatic carbocycles. The molecule has 2 unspecified atom stereocenters. The SMILES string of the molecule is CC(c1ccccc1)C1CCCCN1C. The summed E-state index contributed by atoms with van der Waals surface area (Å²) in [7, 11) is 2.27. The normalized spacial score (nSPS) is 25.1. The van der Waals surface area contributed by atoms with Gasteiger partial charge in [-0.1, -0.05) is 43.7 Å². The minimum atomic E-state index is 0.663. The second-order valence-electron chi connectivity index (χ2n) is 4.74. The van der Waals surface area contributed by atoms with Gasteiger partial charge in [-0.2, -0.15) is 0 Å². The van der Waals surface area contributed by atoms with Crippen molar-refractivity contribution in [3.63, 3.8) is 0 Å². The average molecular weight is 203 g/mol. The first kappa shape index (κ1) is 10.7. The number of piperidine rings is 1. The summed E-state index contributed by atoms with van der Waals surface area (Å²) in [5, 5.41) is 0. The molecule has 2 rings (SSSR count). The first-order valence-corrected chi connectivity index (χ1v) is 6.04. The molecule has 1 aromatic rings. The molecule has 1 heteroatoms.